The van der Waals surface area contributed by atoms with Gasteiger partial charge in [0.15, 0.2) is 0 Å². The van der Waals surface area contributed by atoms with Gasteiger partial charge in [-0.1, -0.05) is 0 Å². The minimum Gasteiger partial charge on any atom is -0.741 e. The van der Waals surface area contributed by atoms with Crippen molar-refractivity contribution >= 4 is 59.4 Å². The molecule has 0 saturated heterocycles. The van der Waals surface area contributed by atoms with E-state index in [2.05, 4.69) is 30.4 Å². The zero-order valence-corrected chi connectivity index (χ0v) is 21.9. The summed E-state index contributed by atoms with van der Waals surface area (Å²) in [5.74, 6) is 0. The van der Waals surface area contributed by atoms with Gasteiger partial charge in [-0.3, -0.25) is 9.97 Å². The molecule has 1 radical (unpaired) electrons. The van der Waals surface area contributed by atoms with Crippen LogP contribution in [0.15, 0.2) is 57.1 Å². The van der Waals surface area contributed by atoms with Crippen molar-refractivity contribution in [1.82, 2.24) is 19.8 Å². The monoisotopic (exact) mass is 562 g/mol. The topological polar surface area (TPSA) is 200 Å². The van der Waals surface area contributed by atoms with Crippen LogP contribution in [-0.4, -0.2) is 75.8 Å². The van der Waals surface area contributed by atoms with Gasteiger partial charge in [-0.05, 0) is 24.3 Å². The molecule has 2 aromatic rings. The summed E-state index contributed by atoms with van der Waals surface area (Å²) >= 11 is 9.84. The first-order valence-corrected chi connectivity index (χ1v) is 9.90. The summed E-state index contributed by atoms with van der Waals surface area (Å²) in [7, 11) is 7.21. The maximum atomic E-state index is 8.25. The van der Waals surface area contributed by atoms with E-state index in [4.69, 9.17) is 52.0 Å². The second kappa shape index (κ2) is 18.7. The van der Waals surface area contributed by atoms with Gasteiger partial charge in [0.25, 0.3) is 0 Å². The van der Waals surface area contributed by atoms with Crippen molar-refractivity contribution in [2.75, 3.05) is 39.7 Å². The third kappa shape index (κ3) is 16.6. The van der Waals surface area contributed by atoms with Crippen molar-refractivity contribution in [2.45, 2.75) is 0 Å². The van der Waals surface area contributed by atoms with Crippen molar-refractivity contribution in [3.05, 3.63) is 63.4 Å². The maximum absolute atomic E-state index is 8.25. The number of aromatic nitrogens is 2. The van der Waals surface area contributed by atoms with Crippen molar-refractivity contribution in [3.8, 4) is 0 Å². The SMILES string of the molecule is CN(C)/C([S-])=N/N=C/c1ncccc1N.CN(C)/C([S-])=N/N=C/c1ncccc1N.O=[N+]([O-])[O-].[Fe+3]. The predicted octanol–water partition coefficient (Wildman–Crippen LogP) is 0.683. The average molecular weight is 562 g/mol. The Labute approximate surface area is 224 Å². The summed E-state index contributed by atoms with van der Waals surface area (Å²) < 4.78 is 0. The molecule has 0 atom stereocenters. The van der Waals surface area contributed by atoms with E-state index in [1.165, 1.54) is 12.4 Å². The summed E-state index contributed by atoms with van der Waals surface area (Å²) in [6.45, 7) is 0. The number of nitrogens with two attached hydrogens (primary N) is 2. The minimum absolute atomic E-state index is 0. The zero-order chi connectivity index (χ0) is 26.1. The van der Waals surface area contributed by atoms with E-state index < -0.39 is 5.09 Å². The molecule has 0 aliphatic carbocycles. The molecule has 0 spiro atoms. The number of hydrogen-bond acceptors (Lipinski definition) is 13. The first kappa shape index (κ1) is 33.5. The quantitative estimate of drug-likeness (QED) is 0.133. The summed E-state index contributed by atoms with van der Waals surface area (Å²) in [6, 6.07) is 7.01. The van der Waals surface area contributed by atoms with Gasteiger partial charge in [-0.25, -0.2) is 0 Å². The van der Waals surface area contributed by atoms with Gasteiger partial charge in [0.2, 0.25) is 0 Å². The molecule has 0 saturated carbocycles. The van der Waals surface area contributed by atoms with Crippen LogP contribution in [0.4, 0.5) is 11.4 Å². The second-order valence-electron chi connectivity index (χ2n) is 6.22. The van der Waals surface area contributed by atoms with Crippen molar-refractivity contribution in [1.29, 1.82) is 0 Å². The van der Waals surface area contributed by atoms with Gasteiger partial charge in [0, 0.05) is 50.9 Å². The Bertz CT molecular complexity index is 955. The molecule has 35 heavy (non-hydrogen) atoms. The molecule has 2 heterocycles. The number of pyridine rings is 2. The van der Waals surface area contributed by atoms with Crippen LogP contribution >= 0.6 is 0 Å². The zero-order valence-electron chi connectivity index (χ0n) is 19.2. The first-order chi connectivity index (χ1) is 16.0. The third-order valence-electron chi connectivity index (χ3n) is 3.15. The number of hydrogen-bond donors (Lipinski definition) is 2. The molecular formula is C18H24FeN11O3S2. The predicted molar refractivity (Wildman–Crippen MR) is 140 cm³/mol. The molecule has 2 aromatic heterocycles. The number of rotatable bonds is 4. The summed E-state index contributed by atoms with van der Waals surface area (Å²) in [6.07, 6.45) is 6.24. The molecule has 2 rings (SSSR count). The smallest absolute Gasteiger partial charge is 0.741 e. The van der Waals surface area contributed by atoms with Crippen molar-refractivity contribution < 1.29 is 22.2 Å². The van der Waals surface area contributed by atoms with Crippen LogP contribution in [0.3, 0.4) is 0 Å². The molecule has 0 amide bonds. The van der Waals surface area contributed by atoms with E-state index in [1.54, 1.807) is 74.6 Å². The summed E-state index contributed by atoms with van der Waals surface area (Å²) in [5, 5.41) is 30.7. The molecule has 0 aliphatic heterocycles. The normalized spacial score (nSPS) is 11.0. The van der Waals surface area contributed by atoms with E-state index >= 15 is 0 Å². The number of amidine groups is 2. The second-order valence-corrected chi connectivity index (χ2v) is 6.95. The minimum atomic E-state index is -1.75. The van der Waals surface area contributed by atoms with Crippen LogP contribution in [0.1, 0.15) is 11.4 Å². The molecule has 0 aromatic carbocycles. The van der Waals surface area contributed by atoms with Gasteiger partial charge < -0.3 is 61.8 Å². The van der Waals surface area contributed by atoms with E-state index in [0.717, 1.165) is 0 Å². The van der Waals surface area contributed by atoms with Crippen molar-refractivity contribution in [3.63, 3.8) is 0 Å². The molecule has 4 N–H and O–H groups in total. The van der Waals surface area contributed by atoms with E-state index in [0.29, 0.717) is 33.1 Å². The van der Waals surface area contributed by atoms with Gasteiger partial charge in [0.05, 0.1) is 28.9 Å². The Balaban J connectivity index is 0. The van der Waals surface area contributed by atoms with Crippen LogP contribution < -0.4 is 11.5 Å². The van der Waals surface area contributed by atoms with E-state index in [-0.39, 0.29) is 17.1 Å². The Kier molecular flexibility index (Phi) is 17.9. The molecular weight excluding hydrogens is 538 g/mol. The van der Waals surface area contributed by atoms with Crippen LogP contribution in [0.25, 0.3) is 0 Å². The number of nitrogen functional groups attached to an aromatic ring is 2. The van der Waals surface area contributed by atoms with Gasteiger partial charge in [-0.15, -0.1) is 0 Å². The van der Waals surface area contributed by atoms with Gasteiger partial charge >= 0.3 is 17.1 Å². The Morgan fingerprint density at radius 1 is 0.886 bits per heavy atom. The van der Waals surface area contributed by atoms with Crippen LogP contribution in [0.5, 0.6) is 0 Å². The van der Waals surface area contributed by atoms with Gasteiger partial charge in [-0.2, -0.15) is 20.4 Å². The van der Waals surface area contributed by atoms with Crippen LogP contribution in [0.2, 0.25) is 0 Å². The summed E-state index contributed by atoms with van der Waals surface area (Å²) in [4.78, 5) is 19.7. The molecule has 14 nitrogen and oxygen atoms in total. The molecule has 189 valence electrons. The number of nitrogens with zero attached hydrogens (tertiary/aromatic N) is 9. The fourth-order valence-electron chi connectivity index (χ4n) is 1.52. The first-order valence-electron chi connectivity index (χ1n) is 9.08. The van der Waals surface area contributed by atoms with Crippen LogP contribution in [0, 0.1) is 15.3 Å². The Hall–Kier alpha value is -3.66. The van der Waals surface area contributed by atoms with Gasteiger partial charge in [0.1, 0.15) is 11.4 Å². The molecule has 17 heteroatoms. The standard InChI is InChI=1S/2C9H13N5S.Fe.NO3/c2*1-14(2)9(15)13-12-6-8-7(10)4-3-5-11-8;;2-1(3)4/h2*3-6H,10H2,1-2H3,(H,13,15);;/q;;+3;-1/p-2/b2*12-6+;;. The average Bonchev–Trinajstić information content (AvgIpc) is 2.76. The fraction of sp³-hybridized carbons (Fsp3) is 0.222. The Morgan fingerprint density at radius 2 is 1.20 bits per heavy atom. The fourth-order valence-corrected chi connectivity index (χ4v) is 1.61. The molecule has 0 fully saturated rings. The Morgan fingerprint density at radius 3 is 1.46 bits per heavy atom. The summed E-state index contributed by atoms with van der Waals surface area (Å²) in [5.41, 5.74) is 13.6. The van der Waals surface area contributed by atoms with Crippen molar-refractivity contribution in [2.24, 2.45) is 20.4 Å². The molecule has 0 bridgehead atoms. The number of anilines is 2. The van der Waals surface area contributed by atoms with E-state index in [1.807, 2.05) is 0 Å². The van der Waals surface area contributed by atoms with E-state index in [9.17, 15) is 0 Å². The molecule has 0 unspecified atom stereocenters. The maximum Gasteiger partial charge on any atom is 3.00 e. The van der Waals surface area contributed by atoms with Crippen LogP contribution in [-0.2, 0) is 42.3 Å². The largest absolute Gasteiger partial charge is 3.00 e. The molecule has 0 aliphatic rings. The third-order valence-corrected chi connectivity index (χ3v) is 4.05.